The molecule has 156 valence electrons. The molecule has 23 heavy (non-hydrogen) atoms. The smallest absolute Gasteiger partial charge is 0.0473 e. The molecule has 0 aliphatic rings. The van der Waals surface area contributed by atoms with E-state index in [2.05, 4.69) is 27.4 Å². The van der Waals surface area contributed by atoms with E-state index >= 15 is 0 Å². The maximum absolute atomic E-state index is 3.36. The number of rotatable bonds is 0. The zero-order chi connectivity index (χ0) is 22.3. The molecular weight excluding hydrogens is 276 g/mol. The van der Waals surface area contributed by atoms with Gasteiger partial charge in [0.1, 0.15) is 0 Å². The highest BCUT2D eigenvalue weighted by molar-refractivity contribution is 4.51. The van der Waals surface area contributed by atoms with E-state index in [1.807, 2.05) is 118 Å². The molecule has 0 aliphatic heterocycles. The van der Waals surface area contributed by atoms with Crippen molar-refractivity contribution < 1.29 is 0 Å². The molecule has 0 heteroatoms. The van der Waals surface area contributed by atoms with Gasteiger partial charge in [0, 0.05) is 0 Å². The molecule has 0 N–H and O–H groups in total. The molecule has 0 aromatic carbocycles. The molecule has 0 nitrogen and oxygen atoms in total. The van der Waals surface area contributed by atoms with Gasteiger partial charge in [0.15, 0.2) is 0 Å². The first kappa shape index (κ1) is 66.2. The van der Waals surface area contributed by atoms with Crippen molar-refractivity contribution in [2.75, 3.05) is 0 Å². The summed E-state index contributed by atoms with van der Waals surface area (Å²) in [5.41, 5.74) is 0. The van der Waals surface area contributed by atoms with Gasteiger partial charge in [-0.1, -0.05) is 138 Å². The Morgan fingerprint density at radius 2 is 0.435 bits per heavy atom. The molecule has 0 amide bonds. The van der Waals surface area contributed by atoms with E-state index in [-0.39, 0.29) is 0 Å². The van der Waals surface area contributed by atoms with Crippen LogP contribution in [0, 0.1) is 5.92 Å². The molecule has 0 radical (unpaired) electrons. The molecule has 0 aliphatic carbocycles. The predicted octanol–water partition coefficient (Wildman–Crippen LogP) is 11.1. The van der Waals surface area contributed by atoms with Crippen LogP contribution in [0.1, 0.15) is 138 Å². The Kier molecular flexibility index (Phi) is 1920. The molecule has 0 unspecified atom stereocenters. The number of hydrogen-bond donors (Lipinski definition) is 0. The summed E-state index contributed by atoms with van der Waals surface area (Å²) in [7, 11) is 0. The van der Waals surface area contributed by atoms with Crippen molar-refractivity contribution in [1.29, 1.82) is 0 Å². The van der Waals surface area contributed by atoms with Gasteiger partial charge in [-0.05, 0) is 12.8 Å². The van der Waals surface area contributed by atoms with Crippen molar-refractivity contribution in [1.82, 2.24) is 0 Å². The number of allylic oxidation sites excluding steroid dienone is 1. The van der Waals surface area contributed by atoms with Gasteiger partial charge in [-0.2, -0.15) is 0 Å². The second-order valence-electron chi connectivity index (χ2n) is 2.14. The molecule has 0 fully saturated rings. The monoisotopic (exact) mass is 341 g/mol. The van der Waals surface area contributed by atoms with Crippen LogP contribution in [0.15, 0.2) is 12.7 Å². The SMILES string of the molecule is C=CC.CC.CC.CC.CC.CC.CC.CC.CC.CC(C)C. The third-order valence-electron chi connectivity index (χ3n) is 0. The minimum atomic E-state index is 0.833. The quantitative estimate of drug-likeness (QED) is 0.384. The van der Waals surface area contributed by atoms with Gasteiger partial charge in [-0.15, -0.1) is 6.58 Å². The van der Waals surface area contributed by atoms with Crippen molar-refractivity contribution >= 4 is 0 Å². The highest BCUT2D eigenvalue weighted by Crippen LogP contribution is 1.81. The Morgan fingerprint density at radius 3 is 0.435 bits per heavy atom. The van der Waals surface area contributed by atoms with Crippen LogP contribution in [0.25, 0.3) is 0 Å². The van der Waals surface area contributed by atoms with Crippen LogP contribution in [0.2, 0.25) is 0 Å². The maximum Gasteiger partial charge on any atom is -0.0473 e. The predicted molar refractivity (Wildman–Crippen MR) is 127 cm³/mol. The van der Waals surface area contributed by atoms with E-state index < -0.39 is 0 Å². The topological polar surface area (TPSA) is 0 Å². The summed E-state index contributed by atoms with van der Waals surface area (Å²) in [6, 6.07) is 0. The lowest BCUT2D eigenvalue weighted by molar-refractivity contribution is 0.737. The fourth-order valence-electron chi connectivity index (χ4n) is 0. The maximum atomic E-state index is 3.36. The van der Waals surface area contributed by atoms with Crippen molar-refractivity contribution in [3.05, 3.63) is 12.7 Å². The Morgan fingerprint density at radius 1 is 0.435 bits per heavy atom. The molecule has 0 bridgehead atoms. The van der Waals surface area contributed by atoms with Crippen molar-refractivity contribution in [2.45, 2.75) is 138 Å². The fraction of sp³-hybridized carbons (Fsp3) is 0.913. The first-order chi connectivity index (χ1) is 11.1. The Hall–Kier alpha value is -0.260. The average Bonchev–Trinajstić information content (AvgIpc) is 2.68. The molecule has 0 spiro atoms. The van der Waals surface area contributed by atoms with Crippen LogP contribution in [0.3, 0.4) is 0 Å². The molecule has 0 saturated carbocycles. The van der Waals surface area contributed by atoms with Gasteiger partial charge in [0.2, 0.25) is 0 Å². The first-order valence-corrected chi connectivity index (χ1v) is 10.7. The fourth-order valence-corrected chi connectivity index (χ4v) is 0. The summed E-state index contributed by atoms with van der Waals surface area (Å²) in [6.07, 6.45) is 1.75. The Labute approximate surface area is 157 Å². The zero-order valence-electron chi connectivity index (χ0n) is 21.9. The Bertz CT molecular complexity index is 24.3. The van der Waals surface area contributed by atoms with Gasteiger partial charge in [-0.3, -0.25) is 0 Å². The lowest BCUT2D eigenvalue weighted by atomic mass is 10.3. The standard InChI is InChI=1S/C4H10.C3H6.8C2H6/c1-4(2)3;1-3-2;8*1-2/h4H,1-3H3;3H,1H2,2H3;8*1-2H3. The lowest BCUT2D eigenvalue weighted by Gasteiger charge is -1.79. The van der Waals surface area contributed by atoms with Crippen molar-refractivity contribution in [3.8, 4) is 0 Å². The van der Waals surface area contributed by atoms with E-state index in [9.17, 15) is 0 Å². The van der Waals surface area contributed by atoms with Gasteiger partial charge in [0.25, 0.3) is 0 Å². The molecule has 0 heterocycles. The van der Waals surface area contributed by atoms with Gasteiger partial charge in [-0.25, -0.2) is 0 Å². The minimum absolute atomic E-state index is 0.833. The van der Waals surface area contributed by atoms with Crippen molar-refractivity contribution in [2.24, 2.45) is 5.92 Å². The molecule has 0 saturated heterocycles. The summed E-state index contributed by atoms with van der Waals surface area (Å²) < 4.78 is 0. The van der Waals surface area contributed by atoms with Crippen LogP contribution in [-0.4, -0.2) is 0 Å². The summed E-state index contributed by atoms with van der Waals surface area (Å²) in [5.74, 6) is 0.833. The normalized spacial score (nSPS) is 4.22. The van der Waals surface area contributed by atoms with Crippen LogP contribution >= 0.6 is 0 Å². The second kappa shape index (κ2) is 669. The Balaban J connectivity index is -0.0000000104. The highest BCUT2D eigenvalue weighted by atomic mass is 13.7. The van der Waals surface area contributed by atoms with Gasteiger partial charge < -0.3 is 0 Å². The largest absolute Gasteiger partial charge is 0.103 e. The van der Waals surface area contributed by atoms with Crippen LogP contribution < -0.4 is 0 Å². The lowest BCUT2D eigenvalue weighted by Crippen LogP contribution is -1.66. The average molecular weight is 341 g/mol. The van der Waals surface area contributed by atoms with Crippen molar-refractivity contribution in [3.63, 3.8) is 0 Å². The van der Waals surface area contributed by atoms with Crippen LogP contribution in [0.4, 0.5) is 0 Å². The molecule has 0 aromatic rings. The van der Waals surface area contributed by atoms with E-state index in [0.717, 1.165) is 5.92 Å². The summed E-state index contributed by atoms with van der Waals surface area (Å²) in [4.78, 5) is 0. The molecule has 0 atom stereocenters. The molecular formula is C23H64. The van der Waals surface area contributed by atoms with E-state index in [4.69, 9.17) is 0 Å². The van der Waals surface area contributed by atoms with Crippen LogP contribution in [0.5, 0.6) is 0 Å². The third-order valence-corrected chi connectivity index (χ3v) is 0. The van der Waals surface area contributed by atoms with Gasteiger partial charge in [0.05, 0.1) is 0 Å². The number of hydrogen-bond acceptors (Lipinski definition) is 0. The van der Waals surface area contributed by atoms with E-state index in [0.29, 0.717) is 0 Å². The summed E-state index contributed by atoms with van der Waals surface area (Å²) >= 11 is 0. The van der Waals surface area contributed by atoms with Gasteiger partial charge >= 0.3 is 0 Å². The molecule has 0 aromatic heterocycles. The van der Waals surface area contributed by atoms with E-state index in [1.54, 1.807) is 6.08 Å². The summed E-state index contributed by atoms with van der Waals surface area (Å²) in [6.45, 7) is 43.7. The highest BCUT2D eigenvalue weighted by Gasteiger charge is 1.68. The molecule has 0 rings (SSSR count). The van der Waals surface area contributed by atoms with Crippen LogP contribution in [-0.2, 0) is 0 Å². The zero-order valence-corrected chi connectivity index (χ0v) is 21.9. The van der Waals surface area contributed by atoms with E-state index in [1.165, 1.54) is 0 Å². The minimum Gasteiger partial charge on any atom is -0.103 e. The second-order valence-corrected chi connectivity index (χ2v) is 2.14. The third kappa shape index (κ3) is 125000. The first-order valence-electron chi connectivity index (χ1n) is 10.7. The summed E-state index contributed by atoms with van der Waals surface area (Å²) in [5, 5.41) is 0.